The third-order valence-electron chi connectivity index (χ3n) is 4.48. The van der Waals surface area contributed by atoms with Gasteiger partial charge in [0.15, 0.2) is 5.78 Å². The number of hydrogen-bond acceptors (Lipinski definition) is 3. The van der Waals surface area contributed by atoms with Gasteiger partial charge >= 0.3 is 0 Å². The lowest BCUT2D eigenvalue weighted by atomic mass is 10.1. The minimum Gasteiger partial charge on any atom is -0.366 e. The van der Waals surface area contributed by atoms with Gasteiger partial charge in [-0.2, -0.15) is 0 Å². The number of carbonyl (C=O) groups excluding carboxylic acids is 2. The Balaban J connectivity index is 0.000000228. The van der Waals surface area contributed by atoms with E-state index in [0.717, 1.165) is 18.5 Å². The molecule has 2 N–H and O–H groups in total. The monoisotopic (exact) mass is 352 g/mol. The van der Waals surface area contributed by atoms with Crippen LogP contribution in [-0.4, -0.2) is 36.2 Å². The highest BCUT2D eigenvalue weighted by molar-refractivity contribution is 5.95. The fraction of sp³-hybridized carbons (Fsp3) is 0.364. The number of ketones is 1. The van der Waals surface area contributed by atoms with Gasteiger partial charge in [0.2, 0.25) is 5.91 Å². The molecular formula is C22H28N2O2. The van der Waals surface area contributed by atoms with Crippen molar-refractivity contribution in [1.29, 1.82) is 0 Å². The average Bonchev–Trinajstić information content (AvgIpc) is 2.70. The Labute approximate surface area is 156 Å². The van der Waals surface area contributed by atoms with Gasteiger partial charge in [-0.15, -0.1) is 0 Å². The number of rotatable bonds is 6. The quantitative estimate of drug-likeness (QED) is 0.802. The molecule has 0 aliphatic carbocycles. The van der Waals surface area contributed by atoms with E-state index in [1.807, 2.05) is 36.4 Å². The van der Waals surface area contributed by atoms with Crippen molar-refractivity contribution in [3.05, 3.63) is 71.8 Å². The first-order valence-electron chi connectivity index (χ1n) is 9.32. The number of piperidine rings is 1. The summed E-state index contributed by atoms with van der Waals surface area (Å²) in [6, 6.07) is 18.4. The van der Waals surface area contributed by atoms with Gasteiger partial charge in [0, 0.05) is 17.5 Å². The lowest BCUT2D eigenvalue weighted by molar-refractivity contribution is 0.0970. The molecule has 0 atom stereocenters. The van der Waals surface area contributed by atoms with E-state index in [1.54, 1.807) is 24.3 Å². The molecule has 2 aromatic rings. The molecule has 0 unspecified atom stereocenters. The minimum absolute atomic E-state index is 0.280. The number of hydrogen-bond donors (Lipinski definition) is 1. The molecule has 1 aliphatic heterocycles. The normalized spacial score (nSPS) is 14.2. The third-order valence-corrected chi connectivity index (χ3v) is 4.48. The standard InChI is InChI=1S/C15H21NO.C7H7NO/c17-15(14-8-3-1-4-9-14)10-7-13-16-11-5-2-6-12-16;8-7(9)6-4-2-1-3-5-6/h1,3-4,8-9H,2,5-7,10-13H2;1-5H,(H2,8,9). The number of nitrogens with zero attached hydrogens (tertiary/aromatic N) is 1. The number of nitrogens with two attached hydrogens (primary N) is 1. The number of likely N-dealkylation sites (tertiary alicyclic amines) is 1. The molecule has 0 radical (unpaired) electrons. The SMILES string of the molecule is NC(=O)c1ccccc1.O=C(CCCN1CCCCC1)c1ccccc1. The topological polar surface area (TPSA) is 63.4 Å². The number of benzene rings is 2. The van der Waals surface area contributed by atoms with Crippen LogP contribution in [0.15, 0.2) is 60.7 Å². The maximum atomic E-state index is 11.9. The molecule has 26 heavy (non-hydrogen) atoms. The van der Waals surface area contributed by atoms with Crippen LogP contribution >= 0.6 is 0 Å². The van der Waals surface area contributed by atoms with Crippen molar-refractivity contribution in [3.8, 4) is 0 Å². The Kier molecular flexibility index (Phi) is 8.56. The van der Waals surface area contributed by atoms with E-state index >= 15 is 0 Å². The molecule has 2 aromatic carbocycles. The summed E-state index contributed by atoms with van der Waals surface area (Å²) in [6.07, 6.45) is 5.70. The second kappa shape index (κ2) is 11.2. The Hall–Kier alpha value is -2.46. The first-order chi connectivity index (χ1) is 12.7. The highest BCUT2D eigenvalue weighted by Crippen LogP contribution is 2.11. The highest BCUT2D eigenvalue weighted by Gasteiger charge is 2.10. The zero-order valence-electron chi connectivity index (χ0n) is 15.3. The zero-order chi connectivity index (χ0) is 18.6. The molecule has 1 fully saturated rings. The Morgan fingerprint density at radius 2 is 1.35 bits per heavy atom. The van der Waals surface area contributed by atoms with Crippen molar-refractivity contribution in [2.75, 3.05) is 19.6 Å². The number of amides is 1. The molecule has 4 nitrogen and oxygen atoms in total. The van der Waals surface area contributed by atoms with Crippen molar-refractivity contribution in [1.82, 2.24) is 4.90 Å². The zero-order valence-corrected chi connectivity index (χ0v) is 15.3. The second-order valence-corrected chi connectivity index (χ2v) is 6.53. The molecule has 1 aliphatic rings. The van der Waals surface area contributed by atoms with Gasteiger partial charge in [-0.25, -0.2) is 0 Å². The van der Waals surface area contributed by atoms with E-state index in [-0.39, 0.29) is 11.7 Å². The predicted octanol–water partition coefficient (Wildman–Crippen LogP) is 3.92. The summed E-state index contributed by atoms with van der Waals surface area (Å²) in [5.74, 6) is -0.0989. The number of primary amides is 1. The molecule has 3 rings (SSSR count). The average molecular weight is 352 g/mol. The summed E-state index contributed by atoms with van der Waals surface area (Å²) < 4.78 is 0. The summed E-state index contributed by atoms with van der Waals surface area (Å²) in [7, 11) is 0. The smallest absolute Gasteiger partial charge is 0.248 e. The van der Waals surface area contributed by atoms with Crippen LogP contribution in [0.1, 0.15) is 52.8 Å². The second-order valence-electron chi connectivity index (χ2n) is 6.53. The van der Waals surface area contributed by atoms with Gasteiger partial charge in [-0.3, -0.25) is 9.59 Å². The summed E-state index contributed by atoms with van der Waals surface area (Å²) >= 11 is 0. The maximum absolute atomic E-state index is 11.9. The molecule has 0 bridgehead atoms. The van der Waals surface area contributed by atoms with Crippen LogP contribution in [0.25, 0.3) is 0 Å². The Bertz CT molecular complexity index is 665. The van der Waals surface area contributed by atoms with Crippen LogP contribution in [0.4, 0.5) is 0 Å². The molecule has 1 saturated heterocycles. The van der Waals surface area contributed by atoms with Crippen LogP contribution in [0, 0.1) is 0 Å². The van der Waals surface area contributed by atoms with Gasteiger partial charge in [-0.05, 0) is 51.0 Å². The molecule has 1 heterocycles. The largest absolute Gasteiger partial charge is 0.366 e. The van der Waals surface area contributed by atoms with E-state index in [1.165, 1.54) is 32.4 Å². The van der Waals surface area contributed by atoms with Crippen LogP contribution in [0.3, 0.4) is 0 Å². The van der Waals surface area contributed by atoms with Gasteiger partial charge in [-0.1, -0.05) is 55.0 Å². The molecule has 138 valence electrons. The van der Waals surface area contributed by atoms with Crippen LogP contribution in [-0.2, 0) is 0 Å². The first-order valence-corrected chi connectivity index (χ1v) is 9.32. The van der Waals surface area contributed by atoms with Crippen molar-refractivity contribution in [3.63, 3.8) is 0 Å². The molecule has 0 saturated carbocycles. The fourth-order valence-electron chi connectivity index (χ4n) is 3.02. The van der Waals surface area contributed by atoms with E-state index in [2.05, 4.69) is 4.90 Å². The predicted molar refractivity (Wildman–Crippen MR) is 105 cm³/mol. The number of carbonyl (C=O) groups is 2. The highest BCUT2D eigenvalue weighted by atomic mass is 16.1. The van der Waals surface area contributed by atoms with Crippen LogP contribution < -0.4 is 5.73 Å². The van der Waals surface area contributed by atoms with E-state index in [0.29, 0.717) is 12.0 Å². The van der Waals surface area contributed by atoms with E-state index < -0.39 is 0 Å². The van der Waals surface area contributed by atoms with Gasteiger partial charge in [0.05, 0.1) is 0 Å². The molecule has 1 amide bonds. The summed E-state index contributed by atoms with van der Waals surface area (Å²) in [6.45, 7) is 3.53. The lowest BCUT2D eigenvalue weighted by Gasteiger charge is -2.26. The first kappa shape index (κ1) is 19.9. The van der Waals surface area contributed by atoms with Crippen molar-refractivity contribution < 1.29 is 9.59 Å². The fourth-order valence-corrected chi connectivity index (χ4v) is 3.02. The third kappa shape index (κ3) is 7.19. The summed E-state index contributed by atoms with van der Waals surface area (Å²) in [5, 5.41) is 0. The van der Waals surface area contributed by atoms with Crippen molar-refractivity contribution >= 4 is 11.7 Å². The lowest BCUT2D eigenvalue weighted by Crippen LogP contribution is -2.30. The van der Waals surface area contributed by atoms with Crippen LogP contribution in [0.5, 0.6) is 0 Å². The van der Waals surface area contributed by atoms with Gasteiger partial charge < -0.3 is 10.6 Å². The summed E-state index contributed by atoms with van der Waals surface area (Å²) in [5.41, 5.74) is 6.38. The Morgan fingerprint density at radius 1 is 0.808 bits per heavy atom. The van der Waals surface area contributed by atoms with Gasteiger partial charge in [0.25, 0.3) is 0 Å². The van der Waals surface area contributed by atoms with Crippen LogP contribution in [0.2, 0.25) is 0 Å². The van der Waals surface area contributed by atoms with Crippen molar-refractivity contribution in [2.24, 2.45) is 5.73 Å². The summed E-state index contributed by atoms with van der Waals surface area (Å²) in [4.78, 5) is 24.8. The van der Waals surface area contributed by atoms with E-state index in [4.69, 9.17) is 5.73 Å². The Morgan fingerprint density at radius 3 is 1.85 bits per heavy atom. The molecule has 0 aromatic heterocycles. The molecule has 0 spiro atoms. The molecular weight excluding hydrogens is 324 g/mol. The minimum atomic E-state index is -0.379. The molecule has 4 heteroatoms. The van der Waals surface area contributed by atoms with Gasteiger partial charge in [0.1, 0.15) is 0 Å². The number of Topliss-reactive ketones (excluding diaryl/α,β-unsaturated/α-hetero) is 1. The van der Waals surface area contributed by atoms with E-state index in [9.17, 15) is 9.59 Å². The maximum Gasteiger partial charge on any atom is 0.248 e. The van der Waals surface area contributed by atoms with Crippen molar-refractivity contribution in [2.45, 2.75) is 32.1 Å².